The zero-order valence-corrected chi connectivity index (χ0v) is 7.44. The third-order valence-electron chi connectivity index (χ3n) is 0.839. The van der Waals surface area contributed by atoms with Crippen LogP contribution in [0.4, 0.5) is 0 Å². The third kappa shape index (κ3) is 3.89. The van der Waals surface area contributed by atoms with E-state index in [9.17, 15) is 8.42 Å². The molecule has 0 bridgehead atoms. The zero-order valence-electron chi connectivity index (χ0n) is 5.04. The van der Waals surface area contributed by atoms with Gasteiger partial charge in [-0.3, -0.25) is 4.55 Å². The monoisotopic (exact) mass is 216 g/mol. The molecule has 0 saturated heterocycles. The minimum atomic E-state index is -3.85. The topological polar surface area (TPSA) is 54.4 Å². The highest BCUT2D eigenvalue weighted by Gasteiger charge is 2.16. The van der Waals surface area contributed by atoms with Crippen LogP contribution in [0.15, 0.2) is 0 Å². The Bertz CT molecular complexity index is 163. The highest BCUT2D eigenvalue weighted by atomic mass is 79.9. The standard InChI is InChI=1S/C4H9BrO3S/c1-2-3-4(5)9(6,7)8/h4H,2-3H2,1H3,(H,6,7,8). The van der Waals surface area contributed by atoms with E-state index in [1.807, 2.05) is 6.92 Å². The van der Waals surface area contributed by atoms with E-state index >= 15 is 0 Å². The van der Waals surface area contributed by atoms with Gasteiger partial charge in [0.05, 0.1) is 0 Å². The molecule has 56 valence electrons. The maximum atomic E-state index is 10.2. The molecule has 3 nitrogen and oxygen atoms in total. The van der Waals surface area contributed by atoms with Gasteiger partial charge in [-0.15, -0.1) is 0 Å². The van der Waals surface area contributed by atoms with Gasteiger partial charge in [0, 0.05) is 0 Å². The lowest BCUT2D eigenvalue weighted by molar-refractivity contribution is 0.477. The predicted octanol–water partition coefficient (Wildman–Crippen LogP) is 1.40. The molecule has 9 heavy (non-hydrogen) atoms. The van der Waals surface area contributed by atoms with Gasteiger partial charge in [-0.25, -0.2) is 0 Å². The Hall–Kier alpha value is 0.390. The largest absolute Gasteiger partial charge is 0.285 e. The molecule has 0 radical (unpaired) electrons. The second-order valence-electron chi connectivity index (χ2n) is 1.71. The van der Waals surface area contributed by atoms with E-state index in [4.69, 9.17) is 4.55 Å². The minimum absolute atomic E-state index is 0.443. The van der Waals surface area contributed by atoms with Crippen molar-refractivity contribution in [2.24, 2.45) is 0 Å². The van der Waals surface area contributed by atoms with Crippen molar-refractivity contribution < 1.29 is 13.0 Å². The van der Waals surface area contributed by atoms with Crippen LogP contribution in [0, 0.1) is 0 Å². The van der Waals surface area contributed by atoms with E-state index < -0.39 is 14.3 Å². The van der Waals surface area contributed by atoms with Crippen molar-refractivity contribution in [3.8, 4) is 0 Å². The van der Waals surface area contributed by atoms with Crippen LogP contribution in [0.2, 0.25) is 0 Å². The van der Waals surface area contributed by atoms with E-state index in [1.54, 1.807) is 0 Å². The molecule has 1 atom stereocenters. The molecule has 0 aliphatic carbocycles. The van der Waals surface area contributed by atoms with E-state index in [1.165, 1.54) is 0 Å². The molecule has 1 unspecified atom stereocenters. The Kier molecular flexibility index (Phi) is 3.68. The van der Waals surface area contributed by atoms with Gasteiger partial charge in [-0.2, -0.15) is 8.42 Å². The average Bonchev–Trinajstić information content (AvgIpc) is 1.64. The van der Waals surface area contributed by atoms with Crippen molar-refractivity contribution in [1.29, 1.82) is 0 Å². The van der Waals surface area contributed by atoms with Crippen LogP contribution < -0.4 is 0 Å². The summed E-state index contributed by atoms with van der Waals surface area (Å²) >= 11 is 2.82. The van der Waals surface area contributed by atoms with E-state index in [2.05, 4.69) is 15.9 Å². The summed E-state index contributed by atoms with van der Waals surface area (Å²) in [5.74, 6) is 0. The number of hydrogen-bond donors (Lipinski definition) is 1. The molecular weight excluding hydrogens is 208 g/mol. The SMILES string of the molecule is CCCC(Br)S(=O)(=O)O. The Morgan fingerprint density at radius 2 is 2.11 bits per heavy atom. The summed E-state index contributed by atoms with van der Waals surface area (Å²) in [5, 5.41) is 0. The first-order valence-electron chi connectivity index (χ1n) is 2.59. The molecule has 0 aliphatic heterocycles. The summed E-state index contributed by atoms with van der Waals surface area (Å²) in [6, 6.07) is 0. The van der Waals surface area contributed by atoms with Crippen molar-refractivity contribution in [1.82, 2.24) is 0 Å². The smallest absolute Gasteiger partial charge is 0.277 e. The molecule has 0 aliphatic rings. The van der Waals surface area contributed by atoms with Crippen LogP contribution in [0.3, 0.4) is 0 Å². The third-order valence-corrected chi connectivity index (χ3v) is 3.60. The van der Waals surface area contributed by atoms with E-state index in [0.717, 1.165) is 6.42 Å². The predicted molar refractivity (Wildman–Crippen MR) is 39.2 cm³/mol. The van der Waals surface area contributed by atoms with Gasteiger partial charge in [-0.1, -0.05) is 29.3 Å². The molecule has 1 N–H and O–H groups in total. The highest BCUT2D eigenvalue weighted by molar-refractivity contribution is 9.11. The maximum Gasteiger partial charge on any atom is 0.277 e. The summed E-state index contributed by atoms with van der Waals surface area (Å²) in [5.41, 5.74) is 0. The van der Waals surface area contributed by atoms with Crippen molar-refractivity contribution in [3.05, 3.63) is 0 Å². The van der Waals surface area contributed by atoms with Crippen molar-refractivity contribution >= 4 is 26.0 Å². The Labute approximate surface area is 63.3 Å². The van der Waals surface area contributed by atoms with Crippen LogP contribution in [0.25, 0.3) is 0 Å². The summed E-state index contributed by atoms with van der Waals surface area (Å²) in [6.45, 7) is 1.85. The van der Waals surface area contributed by atoms with Gasteiger partial charge >= 0.3 is 0 Å². The van der Waals surface area contributed by atoms with Crippen LogP contribution in [-0.4, -0.2) is 17.1 Å². The van der Waals surface area contributed by atoms with Crippen molar-refractivity contribution in [2.45, 2.75) is 23.9 Å². The van der Waals surface area contributed by atoms with Crippen LogP contribution >= 0.6 is 15.9 Å². The summed E-state index contributed by atoms with van der Waals surface area (Å²) in [4.78, 5) is 0. The number of rotatable bonds is 3. The molecule has 0 amide bonds. The van der Waals surface area contributed by atoms with Gasteiger partial charge in [0.15, 0.2) is 0 Å². The summed E-state index contributed by atoms with van der Waals surface area (Å²) in [6.07, 6.45) is 1.18. The molecule has 0 aromatic heterocycles. The molecule has 5 heteroatoms. The fourth-order valence-electron chi connectivity index (χ4n) is 0.376. The highest BCUT2D eigenvalue weighted by Crippen LogP contribution is 2.12. The van der Waals surface area contributed by atoms with E-state index in [-0.39, 0.29) is 0 Å². The number of hydrogen-bond acceptors (Lipinski definition) is 2. The van der Waals surface area contributed by atoms with Gasteiger partial charge < -0.3 is 0 Å². The molecule has 0 rings (SSSR count). The maximum absolute atomic E-state index is 10.2. The first-order chi connectivity index (χ1) is 3.98. The normalized spacial score (nSPS) is 15.4. The Morgan fingerprint density at radius 3 is 2.22 bits per heavy atom. The fraction of sp³-hybridized carbons (Fsp3) is 1.00. The van der Waals surface area contributed by atoms with Gasteiger partial charge in [0.25, 0.3) is 10.1 Å². The molecule has 0 aromatic carbocycles. The molecular formula is C4H9BrO3S. The zero-order chi connectivity index (χ0) is 7.49. The van der Waals surface area contributed by atoms with Crippen molar-refractivity contribution in [3.63, 3.8) is 0 Å². The molecule has 0 fully saturated rings. The first-order valence-corrected chi connectivity index (χ1v) is 5.00. The molecule has 0 heterocycles. The van der Waals surface area contributed by atoms with Crippen molar-refractivity contribution in [2.75, 3.05) is 0 Å². The Balaban J connectivity index is 3.90. The molecule has 0 spiro atoms. The van der Waals surface area contributed by atoms with Gasteiger partial charge in [0.1, 0.15) is 4.16 Å². The second kappa shape index (κ2) is 3.53. The number of halogens is 1. The van der Waals surface area contributed by atoms with Gasteiger partial charge in [0.2, 0.25) is 0 Å². The lowest BCUT2D eigenvalue weighted by atomic mass is 10.4. The molecule has 0 saturated carbocycles. The van der Waals surface area contributed by atoms with Crippen LogP contribution in [0.5, 0.6) is 0 Å². The lowest BCUT2D eigenvalue weighted by Gasteiger charge is -2.01. The Morgan fingerprint density at radius 1 is 1.67 bits per heavy atom. The summed E-state index contributed by atoms with van der Waals surface area (Å²) in [7, 11) is -3.85. The van der Waals surface area contributed by atoms with Gasteiger partial charge in [-0.05, 0) is 6.42 Å². The summed E-state index contributed by atoms with van der Waals surface area (Å²) < 4.78 is 28.0. The first kappa shape index (κ1) is 9.39. The fourth-order valence-corrected chi connectivity index (χ4v) is 1.37. The number of alkyl halides is 1. The minimum Gasteiger partial charge on any atom is -0.285 e. The van der Waals surface area contributed by atoms with Crippen LogP contribution in [-0.2, 0) is 10.1 Å². The quantitative estimate of drug-likeness (QED) is 0.574. The lowest BCUT2D eigenvalue weighted by Crippen LogP contribution is -2.12. The average molecular weight is 217 g/mol. The van der Waals surface area contributed by atoms with Crippen LogP contribution in [0.1, 0.15) is 19.8 Å². The second-order valence-corrected chi connectivity index (χ2v) is 5.02. The molecule has 0 aromatic rings. The van der Waals surface area contributed by atoms with E-state index in [0.29, 0.717) is 6.42 Å².